The number of carbonyl (C=O) groups is 1. The summed E-state index contributed by atoms with van der Waals surface area (Å²) < 4.78 is 5.27. The average Bonchev–Trinajstić information content (AvgIpc) is 2.43. The molecule has 1 N–H and O–H groups in total. The monoisotopic (exact) mass is 299 g/mol. The van der Waals surface area contributed by atoms with Crippen molar-refractivity contribution in [3.63, 3.8) is 0 Å². The number of nitrogens with zero attached hydrogens (tertiary/aromatic N) is 1. The van der Waals surface area contributed by atoms with Crippen LogP contribution in [0.15, 0.2) is 0 Å². The molecule has 1 aliphatic rings. The summed E-state index contributed by atoms with van der Waals surface area (Å²) in [5, 5.41) is 9.89. The number of hydrogen-bond donors (Lipinski definition) is 1. The minimum Gasteiger partial charge on any atom is -0.466 e. The Hall–Kier alpha value is -0.610. The van der Waals surface area contributed by atoms with Gasteiger partial charge in [-0.1, -0.05) is 13.8 Å². The molecule has 3 atom stereocenters. The van der Waals surface area contributed by atoms with E-state index in [0.717, 1.165) is 25.7 Å². The van der Waals surface area contributed by atoms with Crippen LogP contribution in [0.2, 0.25) is 0 Å². The minimum atomic E-state index is -0.360. The zero-order valence-electron chi connectivity index (χ0n) is 14.6. The first kappa shape index (κ1) is 18.4. The molecule has 0 aromatic heterocycles. The van der Waals surface area contributed by atoms with Crippen LogP contribution in [0, 0.1) is 5.92 Å². The Labute approximate surface area is 129 Å². The van der Waals surface area contributed by atoms with Crippen molar-refractivity contribution in [2.24, 2.45) is 5.92 Å². The third kappa shape index (κ3) is 3.98. The highest BCUT2D eigenvalue weighted by Crippen LogP contribution is 2.45. The van der Waals surface area contributed by atoms with Crippen LogP contribution < -0.4 is 0 Å². The molecule has 0 radical (unpaired) electrons. The molecule has 21 heavy (non-hydrogen) atoms. The molecule has 1 fully saturated rings. The fraction of sp³-hybridized carbons (Fsp3) is 0.941. The van der Waals surface area contributed by atoms with Gasteiger partial charge in [0.05, 0.1) is 18.6 Å². The second kappa shape index (κ2) is 7.10. The number of β-amino-alcohol motifs (C(OH)–C–C–N with tert-alkyl or cyclic N) is 1. The van der Waals surface area contributed by atoms with E-state index >= 15 is 0 Å². The first-order chi connectivity index (χ1) is 9.72. The maximum absolute atomic E-state index is 12.2. The third-order valence-electron chi connectivity index (χ3n) is 5.27. The second-order valence-electron chi connectivity index (χ2n) is 7.02. The topological polar surface area (TPSA) is 49.8 Å². The quantitative estimate of drug-likeness (QED) is 0.766. The molecular weight excluding hydrogens is 266 g/mol. The fourth-order valence-corrected chi connectivity index (χ4v) is 3.81. The summed E-state index contributed by atoms with van der Waals surface area (Å²) in [5.74, 6) is -0.0985. The van der Waals surface area contributed by atoms with E-state index in [0.29, 0.717) is 13.2 Å². The van der Waals surface area contributed by atoms with Gasteiger partial charge in [0.15, 0.2) is 0 Å². The van der Waals surface area contributed by atoms with Crippen LogP contribution >= 0.6 is 0 Å². The maximum atomic E-state index is 12.2. The SMILES string of the molecule is CCOC(=O)C1CC(C)(CC)N(CC(C)O)C(C)(CC)C1. The standard InChI is InChI=1S/C17H33NO3/c1-7-16(5)10-14(15(20)21-9-3)11-17(6,8-2)18(16)12-13(4)19/h13-14,19H,7-12H2,1-6H3. The Kier molecular flexibility index (Phi) is 6.23. The molecule has 4 heteroatoms. The number of piperidine rings is 1. The van der Waals surface area contributed by atoms with Crippen molar-refractivity contribution in [1.29, 1.82) is 0 Å². The second-order valence-corrected chi connectivity index (χ2v) is 7.02. The van der Waals surface area contributed by atoms with E-state index in [9.17, 15) is 9.90 Å². The summed E-state index contributed by atoms with van der Waals surface area (Å²) in [6.07, 6.45) is 3.19. The summed E-state index contributed by atoms with van der Waals surface area (Å²) in [6.45, 7) is 13.6. The summed E-state index contributed by atoms with van der Waals surface area (Å²) in [4.78, 5) is 14.7. The van der Waals surface area contributed by atoms with Gasteiger partial charge >= 0.3 is 5.97 Å². The first-order valence-corrected chi connectivity index (χ1v) is 8.34. The molecule has 0 bridgehead atoms. The Morgan fingerprint density at radius 3 is 2.05 bits per heavy atom. The van der Waals surface area contributed by atoms with Gasteiger partial charge in [0.2, 0.25) is 0 Å². The summed E-state index contributed by atoms with van der Waals surface area (Å²) in [5.41, 5.74) is -0.144. The summed E-state index contributed by atoms with van der Waals surface area (Å²) in [6, 6.07) is 0. The number of ether oxygens (including phenoxy) is 1. The Bertz CT molecular complexity index is 338. The van der Waals surface area contributed by atoms with E-state index in [1.807, 2.05) is 13.8 Å². The van der Waals surface area contributed by atoms with Crippen LogP contribution in [0.1, 0.15) is 67.2 Å². The van der Waals surface area contributed by atoms with Gasteiger partial charge in [-0.25, -0.2) is 0 Å². The van der Waals surface area contributed by atoms with E-state index in [2.05, 4.69) is 32.6 Å². The van der Waals surface area contributed by atoms with Crippen LogP contribution in [0.25, 0.3) is 0 Å². The molecule has 124 valence electrons. The van der Waals surface area contributed by atoms with Crippen molar-refractivity contribution >= 4 is 5.97 Å². The predicted octanol–water partition coefficient (Wildman–Crippen LogP) is 2.98. The molecular formula is C17H33NO3. The average molecular weight is 299 g/mol. The largest absolute Gasteiger partial charge is 0.466 e. The molecule has 1 saturated heterocycles. The van der Waals surface area contributed by atoms with Crippen molar-refractivity contribution in [3.05, 3.63) is 0 Å². The molecule has 0 spiro atoms. The van der Waals surface area contributed by atoms with Gasteiger partial charge < -0.3 is 9.84 Å². The smallest absolute Gasteiger partial charge is 0.309 e. The van der Waals surface area contributed by atoms with Crippen LogP contribution in [0.3, 0.4) is 0 Å². The predicted molar refractivity (Wildman–Crippen MR) is 85.1 cm³/mol. The van der Waals surface area contributed by atoms with Gasteiger partial charge in [-0.05, 0) is 53.4 Å². The van der Waals surface area contributed by atoms with Crippen molar-refractivity contribution in [2.45, 2.75) is 84.4 Å². The maximum Gasteiger partial charge on any atom is 0.309 e. The normalized spacial score (nSPS) is 35.5. The number of aliphatic hydroxyl groups is 1. The van der Waals surface area contributed by atoms with E-state index in [1.165, 1.54) is 0 Å². The zero-order chi connectivity index (χ0) is 16.3. The van der Waals surface area contributed by atoms with Crippen molar-refractivity contribution in [2.75, 3.05) is 13.2 Å². The summed E-state index contributed by atoms with van der Waals surface area (Å²) >= 11 is 0. The van der Waals surface area contributed by atoms with Gasteiger partial charge in [-0.15, -0.1) is 0 Å². The molecule has 1 heterocycles. The number of likely N-dealkylation sites (tertiary alicyclic amines) is 1. The molecule has 0 aromatic rings. The van der Waals surface area contributed by atoms with Crippen molar-refractivity contribution in [1.82, 2.24) is 4.90 Å². The van der Waals surface area contributed by atoms with Crippen LogP contribution in [-0.2, 0) is 9.53 Å². The van der Waals surface area contributed by atoms with Gasteiger partial charge in [0, 0.05) is 17.6 Å². The highest BCUT2D eigenvalue weighted by molar-refractivity contribution is 5.73. The lowest BCUT2D eigenvalue weighted by Crippen LogP contribution is -2.64. The Morgan fingerprint density at radius 1 is 1.24 bits per heavy atom. The van der Waals surface area contributed by atoms with Crippen molar-refractivity contribution in [3.8, 4) is 0 Å². The number of rotatable bonds is 6. The molecule has 1 rings (SSSR count). The van der Waals surface area contributed by atoms with Gasteiger partial charge in [0.1, 0.15) is 0 Å². The van der Waals surface area contributed by atoms with E-state index < -0.39 is 0 Å². The van der Waals surface area contributed by atoms with Crippen LogP contribution in [-0.4, -0.2) is 46.3 Å². The molecule has 0 aliphatic carbocycles. The minimum absolute atomic E-state index is 0.0369. The Morgan fingerprint density at radius 2 is 1.71 bits per heavy atom. The number of hydrogen-bond acceptors (Lipinski definition) is 4. The summed E-state index contributed by atoms with van der Waals surface area (Å²) in [7, 11) is 0. The first-order valence-electron chi connectivity index (χ1n) is 8.34. The number of carbonyl (C=O) groups excluding carboxylic acids is 1. The molecule has 0 aromatic carbocycles. The molecule has 0 amide bonds. The molecule has 0 saturated carbocycles. The molecule has 3 unspecified atom stereocenters. The fourth-order valence-electron chi connectivity index (χ4n) is 3.81. The number of esters is 1. The van der Waals surface area contributed by atoms with Gasteiger partial charge in [0.25, 0.3) is 0 Å². The van der Waals surface area contributed by atoms with Crippen LogP contribution in [0.4, 0.5) is 0 Å². The molecule has 4 nitrogen and oxygen atoms in total. The highest BCUT2D eigenvalue weighted by Gasteiger charge is 2.50. The van der Waals surface area contributed by atoms with E-state index in [-0.39, 0.29) is 29.1 Å². The van der Waals surface area contributed by atoms with Crippen molar-refractivity contribution < 1.29 is 14.6 Å². The van der Waals surface area contributed by atoms with Crippen LogP contribution in [0.5, 0.6) is 0 Å². The lowest BCUT2D eigenvalue weighted by atomic mass is 9.70. The lowest BCUT2D eigenvalue weighted by Gasteiger charge is -2.57. The third-order valence-corrected chi connectivity index (χ3v) is 5.27. The van der Waals surface area contributed by atoms with E-state index in [1.54, 1.807) is 0 Å². The number of aliphatic hydroxyl groups excluding tert-OH is 1. The Balaban J connectivity index is 3.08. The highest BCUT2D eigenvalue weighted by atomic mass is 16.5. The zero-order valence-corrected chi connectivity index (χ0v) is 14.6. The molecule has 1 aliphatic heterocycles. The lowest BCUT2D eigenvalue weighted by molar-refractivity contribution is -0.159. The van der Waals surface area contributed by atoms with Gasteiger partial charge in [-0.2, -0.15) is 0 Å². The van der Waals surface area contributed by atoms with E-state index in [4.69, 9.17) is 4.74 Å². The van der Waals surface area contributed by atoms with Gasteiger partial charge in [-0.3, -0.25) is 9.69 Å².